The second-order valence-corrected chi connectivity index (χ2v) is 8.16. The van der Waals surface area contributed by atoms with Crippen molar-refractivity contribution in [2.24, 2.45) is 11.3 Å². The summed E-state index contributed by atoms with van der Waals surface area (Å²) in [5.74, 6) is 0.795. The van der Waals surface area contributed by atoms with E-state index in [1.165, 1.54) is 10.4 Å². The highest BCUT2D eigenvalue weighted by Gasteiger charge is 2.33. The molecule has 0 aliphatic heterocycles. The molecule has 0 saturated carbocycles. The van der Waals surface area contributed by atoms with Crippen molar-refractivity contribution >= 4 is 22.2 Å². The van der Waals surface area contributed by atoms with Crippen LogP contribution in [0.3, 0.4) is 0 Å². The summed E-state index contributed by atoms with van der Waals surface area (Å²) in [6.07, 6.45) is 3.22. The number of hydrogen-bond donors (Lipinski definition) is 1. The standard InChI is InChI=1S/C17H28N2OS/c1-6-19(7-2)16(20)14-12-9-8-11(17(3,4)5)10-13(12)21-15(14)18/h11H,6-10,18H2,1-5H3. The lowest BCUT2D eigenvalue weighted by atomic mass is 9.72. The quantitative estimate of drug-likeness (QED) is 0.918. The predicted octanol–water partition coefficient (Wildman–Crippen LogP) is 3.96. The van der Waals surface area contributed by atoms with E-state index in [9.17, 15) is 4.79 Å². The fourth-order valence-corrected chi connectivity index (χ4v) is 4.44. The van der Waals surface area contributed by atoms with Crippen molar-refractivity contribution in [2.45, 2.75) is 53.9 Å². The molecular formula is C17H28N2OS. The number of nitrogens with two attached hydrogens (primary N) is 1. The number of thiophene rings is 1. The van der Waals surface area contributed by atoms with Crippen molar-refractivity contribution in [3.63, 3.8) is 0 Å². The highest BCUT2D eigenvalue weighted by atomic mass is 32.1. The molecular weight excluding hydrogens is 280 g/mol. The van der Waals surface area contributed by atoms with E-state index in [-0.39, 0.29) is 5.91 Å². The highest BCUT2D eigenvalue weighted by Crippen LogP contribution is 2.43. The third-order valence-corrected chi connectivity index (χ3v) is 5.87. The van der Waals surface area contributed by atoms with Crippen LogP contribution >= 0.6 is 11.3 Å². The van der Waals surface area contributed by atoms with Gasteiger partial charge in [-0.1, -0.05) is 20.8 Å². The lowest BCUT2D eigenvalue weighted by Gasteiger charge is -2.34. The van der Waals surface area contributed by atoms with E-state index in [2.05, 4.69) is 20.8 Å². The summed E-state index contributed by atoms with van der Waals surface area (Å²) < 4.78 is 0. The summed E-state index contributed by atoms with van der Waals surface area (Å²) >= 11 is 1.63. The average Bonchev–Trinajstić information content (AvgIpc) is 2.73. The van der Waals surface area contributed by atoms with Gasteiger partial charge in [0.1, 0.15) is 0 Å². The van der Waals surface area contributed by atoms with Crippen molar-refractivity contribution in [1.29, 1.82) is 0 Å². The molecule has 2 N–H and O–H groups in total. The summed E-state index contributed by atoms with van der Waals surface area (Å²) in [5.41, 5.74) is 8.54. The SMILES string of the molecule is CCN(CC)C(=O)c1c(N)sc2c1CCC(C(C)(C)C)C2. The van der Waals surface area contributed by atoms with Gasteiger partial charge in [-0.25, -0.2) is 0 Å². The molecule has 1 unspecified atom stereocenters. The van der Waals surface area contributed by atoms with Crippen molar-refractivity contribution in [3.05, 3.63) is 16.0 Å². The summed E-state index contributed by atoms with van der Waals surface area (Å²) in [5, 5.41) is 0.714. The number of carbonyl (C=O) groups excluding carboxylic acids is 1. The predicted molar refractivity (Wildman–Crippen MR) is 91.0 cm³/mol. The van der Waals surface area contributed by atoms with Crippen molar-refractivity contribution < 1.29 is 4.79 Å². The number of rotatable bonds is 3. The Morgan fingerprint density at radius 3 is 2.48 bits per heavy atom. The largest absolute Gasteiger partial charge is 0.390 e. The van der Waals surface area contributed by atoms with Crippen LogP contribution < -0.4 is 5.73 Å². The van der Waals surface area contributed by atoms with Gasteiger partial charge in [-0.2, -0.15) is 0 Å². The van der Waals surface area contributed by atoms with Crippen LogP contribution in [0.4, 0.5) is 5.00 Å². The van der Waals surface area contributed by atoms with E-state index < -0.39 is 0 Å². The monoisotopic (exact) mass is 308 g/mol. The summed E-state index contributed by atoms with van der Waals surface area (Å²) in [6.45, 7) is 12.4. The molecule has 2 rings (SSSR count). The van der Waals surface area contributed by atoms with Gasteiger partial charge in [0.2, 0.25) is 0 Å². The zero-order valence-corrected chi connectivity index (χ0v) is 14.8. The summed E-state index contributed by atoms with van der Waals surface area (Å²) in [7, 11) is 0. The molecule has 0 radical (unpaired) electrons. The molecule has 1 aliphatic carbocycles. The molecule has 1 heterocycles. The van der Waals surface area contributed by atoms with Gasteiger partial charge in [0.15, 0.2) is 0 Å². The molecule has 1 amide bonds. The van der Waals surface area contributed by atoms with Gasteiger partial charge in [0.05, 0.1) is 10.6 Å². The van der Waals surface area contributed by atoms with Gasteiger partial charge in [-0.15, -0.1) is 11.3 Å². The number of amides is 1. The van der Waals surface area contributed by atoms with Gasteiger partial charge in [-0.05, 0) is 50.0 Å². The minimum atomic E-state index is 0.115. The molecule has 118 valence electrons. The minimum absolute atomic E-state index is 0.115. The highest BCUT2D eigenvalue weighted by molar-refractivity contribution is 7.16. The first-order chi connectivity index (χ1) is 9.79. The van der Waals surface area contributed by atoms with Crippen LogP contribution in [0.2, 0.25) is 0 Å². The van der Waals surface area contributed by atoms with Crippen LogP contribution in [-0.4, -0.2) is 23.9 Å². The number of anilines is 1. The number of hydrogen-bond acceptors (Lipinski definition) is 3. The van der Waals surface area contributed by atoms with E-state index in [0.29, 0.717) is 16.3 Å². The van der Waals surface area contributed by atoms with E-state index in [0.717, 1.165) is 37.9 Å². The Hall–Kier alpha value is -1.03. The first-order valence-electron chi connectivity index (χ1n) is 7.98. The van der Waals surface area contributed by atoms with Gasteiger partial charge < -0.3 is 10.6 Å². The lowest BCUT2D eigenvalue weighted by molar-refractivity contribution is 0.0773. The van der Waals surface area contributed by atoms with Crippen molar-refractivity contribution in [2.75, 3.05) is 18.8 Å². The maximum absolute atomic E-state index is 12.7. The molecule has 21 heavy (non-hydrogen) atoms. The average molecular weight is 308 g/mol. The van der Waals surface area contributed by atoms with Gasteiger partial charge in [0, 0.05) is 18.0 Å². The smallest absolute Gasteiger partial charge is 0.257 e. The van der Waals surface area contributed by atoms with E-state index in [4.69, 9.17) is 5.73 Å². The van der Waals surface area contributed by atoms with Crippen LogP contribution in [0.25, 0.3) is 0 Å². The molecule has 1 aromatic heterocycles. The fourth-order valence-electron chi connectivity index (χ4n) is 3.25. The number of carbonyl (C=O) groups is 1. The Morgan fingerprint density at radius 2 is 1.95 bits per heavy atom. The molecule has 0 spiro atoms. The number of nitrogen functional groups attached to an aromatic ring is 1. The Morgan fingerprint density at radius 1 is 1.33 bits per heavy atom. The molecule has 0 fully saturated rings. The fraction of sp³-hybridized carbons (Fsp3) is 0.706. The first kappa shape index (κ1) is 16.3. The second-order valence-electron chi connectivity index (χ2n) is 7.03. The van der Waals surface area contributed by atoms with Crippen LogP contribution in [-0.2, 0) is 12.8 Å². The zero-order valence-electron chi connectivity index (χ0n) is 14.0. The maximum Gasteiger partial charge on any atom is 0.257 e. The molecule has 0 aromatic carbocycles. The topological polar surface area (TPSA) is 46.3 Å². The molecule has 1 atom stereocenters. The van der Waals surface area contributed by atoms with Gasteiger partial charge in [0.25, 0.3) is 5.91 Å². The molecule has 3 nitrogen and oxygen atoms in total. The summed E-state index contributed by atoms with van der Waals surface area (Å²) in [6, 6.07) is 0. The van der Waals surface area contributed by atoms with Crippen LogP contribution in [0.1, 0.15) is 61.8 Å². The van der Waals surface area contributed by atoms with E-state index >= 15 is 0 Å². The molecule has 0 bridgehead atoms. The second kappa shape index (κ2) is 5.99. The van der Waals surface area contributed by atoms with E-state index in [1.54, 1.807) is 11.3 Å². The van der Waals surface area contributed by atoms with Crippen LogP contribution in [0.15, 0.2) is 0 Å². The van der Waals surface area contributed by atoms with Crippen molar-refractivity contribution in [1.82, 2.24) is 4.90 Å². The number of nitrogens with zero attached hydrogens (tertiary/aromatic N) is 1. The molecule has 4 heteroatoms. The maximum atomic E-state index is 12.7. The van der Waals surface area contributed by atoms with Crippen LogP contribution in [0, 0.1) is 11.3 Å². The molecule has 1 aromatic rings. The van der Waals surface area contributed by atoms with Crippen LogP contribution in [0.5, 0.6) is 0 Å². The minimum Gasteiger partial charge on any atom is -0.390 e. The van der Waals surface area contributed by atoms with Gasteiger partial charge in [-0.3, -0.25) is 4.79 Å². The van der Waals surface area contributed by atoms with Crippen molar-refractivity contribution in [3.8, 4) is 0 Å². The number of fused-ring (bicyclic) bond motifs is 1. The van der Waals surface area contributed by atoms with Gasteiger partial charge >= 0.3 is 0 Å². The Labute approximate surface area is 132 Å². The summed E-state index contributed by atoms with van der Waals surface area (Å²) in [4.78, 5) is 15.9. The third kappa shape index (κ3) is 3.10. The lowest BCUT2D eigenvalue weighted by Crippen LogP contribution is -2.32. The normalized spacial score (nSPS) is 18.4. The Kier molecular flexibility index (Phi) is 4.66. The first-order valence-corrected chi connectivity index (χ1v) is 8.80. The van der Waals surface area contributed by atoms with E-state index in [1.807, 2.05) is 18.7 Å². The molecule has 1 aliphatic rings. The Bertz CT molecular complexity index is 524. The zero-order chi connectivity index (χ0) is 15.8. The Balaban J connectivity index is 2.33. The molecule has 0 saturated heterocycles. The third-order valence-electron chi connectivity index (χ3n) is 4.78.